The number of hydrogen-bond donors (Lipinski definition) is 2. The number of nitro groups is 1. The summed E-state index contributed by atoms with van der Waals surface area (Å²) in [5.41, 5.74) is 1.95. The van der Waals surface area contributed by atoms with Crippen LogP contribution in [-0.2, 0) is 4.79 Å². The monoisotopic (exact) mass is 453 g/mol. The highest BCUT2D eigenvalue weighted by molar-refractivity contribution is 5.93. The van der Waals surface area contributed by atoms with Crippen molar-refractivity contribution in [1.29, 1.82) is 0 Å². The lowest BCUT2D eigenvalue weighted by Gasteiger charge is -2.19. The predicted octanol–water partition coefficient (Wildman–Crippen LogP) is 5.87. The van der Waals surface area contributed by atoms with Gasteiger partial charge in [-0.15, -0.1) is 0 Å². The molecule has 0 spiro atoms. The molecule has 0 aliphatic carbocycles. The summed E-state index contributed by atoms with van der Waals surface area (Å²) in [5.74, 6) is -1.09. The van der Waals surface area contributed by atoms with Gasteiger partial charge in [0.25, 0.3) is 5.69 Å². The molecule has 0 unspecified atom stereocenters. The number of carboxylic acids is 1. The molecular formula is C25H31N3O5. The number of carboxylic acid groups (broad SMARTS) is 1. The van der Waals surface area contributed by atoms with E-state index in [2.05, 4.69) is 12.2 Å². The minimum atomic E-state index is -1.09. The van der Waals surface area contributed by atoms with Crippen molar-refractivity contribution in [2.75, 3.05) is 18.5 Å². The molecule has 0 radical (unpaired) electrons. The Labute approximate surface area is 194 Å². The number of urea groups is 1. The van der Waals surface area contributed by atoms with Gasteiger partial charge in [-0.3, -0.25) is 15.0 Å². The average Bonchev–Trinajstić information content (AvgIpc) is 2.80. The topological polar surface area (TPSA) is 113 Å². The summed E-state index contributed by atoms with van der Waals surface area (Å²) in [7, 11) is 1.66. The number of nitrogens with one attached hydrogen (secondary N) is 1. The van der Waals surface area contributed by atoms with Gasteiger partial charge in [-0.25, -0.2) is 9.59 Å². The molecule has 8 nitrogen and oxygen atoms in total. The molecule has 2 aromatic carbocycles. The summed E-state index contributed by atoms with van der Waals surface area (Å²) in [6.45, 7) is 4.19. The summed E-state index contributed by atoms with van der Waals surface area (Å²) in [5, 5.41) is 23.7. The Balaban J connectivity index is 2.20. The van der Waals surface area contributed by atoms with Crippen LogP contribution in [0.3, 0.4) is 0 Å². The maximum absolute atomic E-state index is 12.5. The van der Waals surface area contributed by atoms with Gasteiger partial charge in [-0.2, -0.15) is 0 Å². The molecule has 0 atom stereocenters. The maximum Gasteiger partial charge on any atom is 0.331 e. The van der Waals surface area contributed by atoms with E-state index in [1.165, 1.54) is 36.8 Å². The zero-order valence-corrected chi connectivity index (χ0v) is 19.3. The maximum atomic E-state index is 12.5. The van der Waals surface area contributed by atoms with Crippen LogP contribution in [0.5, 0.6) is 0 Å². The van der Waals surface area contributed by atoms with Crippen LogP contribution in [0, 0.1) is 10.1 Å². The number of anilines is 1. The summed E-state index contributed by atoms with van der Waals surface area (Å²) in [6.07, 6.45) is 6.92. The van der Waals surface area contributed by atoms with Crippen LogP contribution in [0.1, 0.15) is 51.5 Å². The predicted molar refractivity (Wildman–Crippen MR) is 130 cm³/mol. The van der Waals surface area contributed by atoms with E-state index in [0.717, 1.165) is 19.3 Å². The fourth-order valence-corrected chi connectivity index (χ4v) is 3.39. The Hall–Kier alpha value is -3.68. The van der Waals surface area contributed by atoms with Crippen LogP contribution >= 0.6 is 0 Å². The lowest BCUT2D eigenvalue weighted by molar-refractivity contribution is -0.384. The van der Waals surface area contributed by atoms with Gasteiger partial charge in [0, 0.05) is 30.9 Å². The average molecular weight is 454 g/mol. The third-order valence-corrected chi connectivity index (χ3v) is 5.34. The number of benzene rings is 2. The zero-order valence-electron chi connectivity index (χ0n) is 19.3. The summed E-state index contributed by atoms with van der Waals surface area (Å²) < 4.78 is 0. The van der Waals surface area contributed by atoms with E-state index in [4.69, 9.17) is 5.11 Å². The van der Waals surface area contributed by atoms with Crippen molar-refractivity contribution < 1.29 is 19.6 Å². The number of carbonyl (C=O) groups is 2. The highest BCUT2D eigenvalue weighted by Crippen LogP contribution is 2.33. The van der Waals surface area contributed by atoms with E-state index in [0.29, 0.717) is 28.9 Å². The standard InChI is InChI=1S/C25H31N3O5/c1-4-5-6-7-8-14-26-25(31)27(3)21-11-9-10-20(17-21)22-13-12-19(15-18(2)24(29)30)16-23(22)28(32)33/h9-13,15-17H,4-8,14H2,1-3H3,(H,26,31)(H,29,30). The summed E-state index contributed by atoms with van der Waals surface area (Å²) >= 11 is 0. The first-order valence-corrected chi connectivity index (χ1v) is 11.1. The molecule has 0 aliphatic heterocycles. The van der Waals surface area contributed by atoms with E-state index < -0.39 is 10.9 Å². The number of nitro benzene ring substituents is 1. The van der Waals surface area contributed by atoms with Crippen molar-refractivity contribution >= 4 is 29.5 Å². The van der Waals surface area contributed by atoms with Crippen molar-refractivity contribution in [3.63, 3.8) is 0 Å². The fourth-order valence-electron chi connectivity index (χ4n) is 3.39. The third kappa shape index (κ3) is 7.45. The molecule has 0 saturated carbocycles. The van der Waals surface area contributed by atoms with Crippen molar-refractivity contribution in [1.82, 2.24) is 5.32 Å². The minimum absolute atomic E-state index is 0.0806. The lowest BCUT2D eigenvalue weighted by atomic mass is 10.00. The number of amides is 2. The van der Waals surface area contributed by atoms with Gasteiger partial charge in [0.05, 0.1) is 10.5 Å². The van der Waals surface area contributed by atoms with E-state index in [9.17, 15) is 19.7 Å². The molecule has 0 aliphatic rings. The SMILES string of the molecule is CCCCCCCNC(=O)N(C)c1cccc(-c2ccc(C=C(C)C(=O)O)cc2[N+](=O)[O-])c1. The Morgan fingerprint density at radius 3 is 2.52 bits per heavy atom. The first-order valence-electron chi connectivity index (χ1n) is 11.1. The molecule has 2 N–H and O–H groups in total. The smallest absolute Gasteiger partial charge is 0.331 e. The molecule has 0 fully saturated rings. The Morgan fingerprint density at radius 1 is 1.12 bits per heavy atom. The number of carbonyl (C=O) groups excluding carboxylic acids is 1. The highest BCUT2D eigenvalue weighted by atomic mass is 16.6. The van der Waals surface area contributed by atoms with Crippen LogP contribution in [0.15, 0.2) is 48.0 Å². The van der Waals surface area contributed by atoms with E-state index in [1.807, 2.05) is 0 Å². The molecule has 0 saturated heterocycles. The molecule has 2 amide bonds. The van der Waals surface area contributed by atoms with Gasteiger partial charge in [-0.1, -0.05) is 50.8 Å². The molecule has 33 heavy (non-hydrogen) atoms. The number of hydrogen-bond acceptors (Lipinski definition) is 4. The first kappa shape index (κ1) is 25.6. The second kappa shape index (κ2) is 12.4. The number of unbranched alkanes of at least 4 members (excludes halogenated alkanes) is 4. The summed E-state index contributed by atoms with van der Waals surface area (Å²) in [6, 6.07) is 11.3. The molecule has 0 bridgehead atoms. The first-order chi connectivity index (χ1) is 15.7. The van der Waals surface area contributed by atoms with Crippen molar-refractivity contribution in [3.05, 3.63) is 63.7 Å². The van der Waals surface area contributed by atoms with Gasteiger partial charge in [-0.05, 0) is 48.7 Å². The van der Waals surface area contributed by atoms with Crippen LogP contribution in [0.25, 0.3) is 17.2 Å². The van der Waals surface area contributed by atoms with Crippen molar-refractivity contribution in [2.45, 2.75) is 46.0 Å². The number of aliphatic carboxylic acids is 1. The summed E-state index contributed by atoms with van der Waals surface area (Å²) in [4.78, 5) is 36.2. The van der Waals surface area contributed by atoms with Crippen LogP contribution < -0.4 is 10.2 Å². The largest absolute Gasteiger partial charge is 0.478 e. The van der Waals surface area contributed by atoms with E-state index >= 15 is 0 Å². The molecule has 2 aromatic rings. The van der Waals surface area contributed by atoms with Crippen LogP contribution in [0.2, 0.25) is 0 Å². The van der Waals surface area contributed by atoms with Crippen LogP contribution in [-0.4, -0.2) is 35.6 Å². The normalized spacial score (nSPS) is 11.2. The van der Waals surface area contributed by atoms with Gasteiger partial charge < -0.3 is 10.4 Å². The third-order valence-electron chi connectivity index (χ3n) is 5.34. The lowest BCUT2D eigenvalue weighted by Crippen LogP contribution is -2.37. The second-order valence-electron chi connectivity index (χ2n) is 7.92. The van der Waals surface area contributed by atoms with E-state index in [1.54, 1.807) is 43.4 Å². The highest BCUT2D eigenvalue weighted by Gasteiger charge is 2.18. The van der Waals surface area contributed by atoms with Crippen molar-refractivity contribution in [3.8, 4) is 11.1 Å². The molecule has 0 heterocycles. The van der Waals surface area contributed by atoms with Gasteiger partial charge in [0.15, 0.2) is 0 Å². The quantitative estimate of drug-likeness (QED) is 0.191. The zero-order chi connectivity index (χ0) is 24.4. The molecule has 2 rings (SSSR count). The van der Waals surface area contributed by atoms with E-state index in [-0.39, 0.29) is 17.3 Å². The molecular weight excluding hydrogens is 422 g/mol. The van der Waals surface area contributed by atoms with Crippen LogP contribution in [0.4, 0.5) is 16.2 Å². The Morgan fingerprint density at radius 2 is 1.85 bits per heavy atom. The minimum Gasteiger partial charge on any atom is -0.478 e. The van der Waals surface area contributed by atoms with Gasteiger partial charge in [0.2, 0.25) is 0 Å². The molecule has 0 aromatic heterocycles. The van der Waals surface area contributed by atoms with Gasteiger partial charge in [0.1, 0.15) is 0 Å². The fraction of sp³-hybridized carbons (Fsp3) is 0.360. The number of nitrogens with zero attached hydrogens (tertiary/aromatic N) is 2. The van der Waals surface area contributed by atoms with Gasteiger partial charge >= 0.3 is 12.0 Å². The van der Waals surface area contributed by atoms with Crippen molar-refractivity contribution in [2.24, 2.45) is 0 Å². The Kier molecular flexibility index (Phi) is 9.60. The second-order valence-corrected chi connectivity index (χ2v) is 7.92. The molecule has 8 heteroatoms. The number of rotatable bonds is 11. The Bertz CT molecular complexity index is 1030. The molecule has 176 valence electrons.